The summed E-state index contributed by atoms with van der Waals surface area (Å²) >= 11 is 0. The maximum atomic E-state index is 14.1. The van der Waals surface area contributed by atoms with Gasteiger partial charge in [-0.3, -0.25) is 9.69 Å². The lowest BCUT2D eigenvalue weighted by molar-refractivity contribution is -0.143. The number of nitrogens with zero attached hydrogens (tertiary/aromatic N) is 3. The number of amides is 1. The number of rotatable bonds is 6. The number of halogens is 7. The number of aryl methyl sites for hydroxylation is 1. The van der Waals surface area contributed by atoms with Gasteiger partial charge in [0, 0.05) is 25.2 Å². The molecule has 0 spiro atoms. The fraction of sp³-hybridized carbons (Fsp3) is 0.438. The van der Waals surface area contributed by atoms with Gasteiger partial charge in [-0.25, -0.2) is 9.37 Å². The van der Waals surface area contributed by atoms with E-state index in [2.05, 4.69) is 15.2 Å². The molecule has 7 nitrogen and oxygen atoms in total. The van der Waals surface area contributed by atoms with Crippen LogP contribution in [0.2, 0.25) is 0 Å². The zero-order valence-electron chi connectivity index (χ0n) is 25.3. The van der Waals surface area contributed by atoms with Crippen molar-refractivity contribution in [2.75, 3.05) is 49.7 Å². The number of morpholine rings is 1. The van der Waals surface area contributed by atoms with Gasteiger partial charge >= 0.3 is 12.4 Å². The van der Waals surface area contributed by atoms with Crippen molar-refractivity contribution < 1.29 is 45.4 Å². The average molecular weight is 655 g/mol. The average Bonchev–Trinajstić information content (AvgIpc) is 2.99. The standard InChI is InChI=1S/C32H33F7N4O3/c1-18-8-22(33)4-5-25(18)26-12-28(43-15-24-17-46-7-6-42(24)14-23(43)16-44)40-13-27(26)41-29(45)30(2,3)19-9-20(31(34,35)36)11-21(10-19)32(37,38)39/h4-5,8-13,23-24,44H,6-7,14-17H2,1-3H3,(H,41,45)/t23-,24-/m0/s1. The highest BCUT2D eigenvalue weighted by molar-refractivity contribution is 6.01. The van der Waals surface area contributed by atoms with Gasteiger partial charge in [-0.05, 0) is 73.9 Å². The number of hydrogen-bond acceptors (Lipinski definition) is 6. The first-order valence-electron chi connectivity index (χ1n) is 14.6. The summed E-state index contributed by atoms with van der Waals surface area (Å²) in [6.45, 7) is 6.78. The normalized spacial score (nSPS) is 19.6. The number of carbonyl (C=O) groups excluding carboxylic acids is 1. The van der Waals surface area contributed by atoms with Crippen LogP contribution in [0.15, 0.2) is 48.7 Å². The zero-order valence-corrected chi connectivity index (χ0v) is 25.3. The number of aliphatic hydroxyl groups excluding tert-OH is 1. The quantitative estimate of drug-likeness (QED) is 0.316. The topological polar surface area (TPSA) is 77.9 Å². The number of alkyl halides is 6. The number of aliphatic hydroxyl groups is 1. The lowest BCUT2D eigenvalue weighted by atomic mass is 9.81. The molecular weight excluding hydrogens is 621 g/mol. The van der Waals surface area contributed by atoms with Gasteiger partial charge in [-0.15, -0.1) is 0 Å². The summed E-state index contributed by atoms with van der Waals surface area (Å²) in [5, 5.41) is 12.9. The summed E-state index contributed by atoms with van der Waals surface area (Å²) in [5.74, 6) is -0.939. The maximum Gasteiger partial charge on any atom is 0.416 e. The van der Waals surface area contributed by atoms with Gasteiger partial charge in [0.25, 0.3) is 0 Å². The van der Waals surface area contributed by atoms with Crippen LogP contribution in [0.3, 0.4) is 0 Å². The fourth-order valence-electron chi connectivity index (χ4n) is 5.86. The Hall–Kier alpha value is -3.75. The Morgan fingerprint density at radius 2 is 1.63 bits per heavy atom. The van der Waals surface area contributed by atoms with Crippen LogP contribution in [-0.4, -0.2) is 72.4 Å². The summed E-state index contributed by atoms with van der Waals surface area (Å²) in [6, 6.07) is 6.50. The molecule has 46 heavy (non-hydrogen) atoms. The number of ether oxygens (including phenoxy) is 1. The van der Waals surface area contributed by atoms with E-state index >= 15 is 0 Å². The fourth-order valence-corrected chi connectivity index (χ4v) is 5.86. The third-order valence-electron chi connectivity index (χ3n) is 8.64. The molecule has 248 valence electrons. The van der Waals surface area contributed by atoms with Crippen molar-refractivity contribution in [1.29, 1.82) is 0 Å². The Bertz CT molecular complexity index is 1580. The van der Waals surface area contributed by atoms with E-state index in [0.29, 0.717) is 60.9 Å². The highest BCUT2D eigenvalue weighted by atomic mass is 19.4. The molecule has 2 saturated heterocycles. The van der Waals surface area contributed by atoms with E-state index in [0.717, 1.165) is 6.54 Å². The van der Waals surface area contributed by atoms with Crippen LogP contribution in [0.5, 0.6) is 0 Å². The van der Waals surface area contributed by atoms with Gasteiger partial charge < -0.3 is 20.1 Å². The molecule has 1 amide bonds. The minimum absolute atomic E-state index is 0.00838. The second kappa shape index (κ2) is 12.5. The molecule has 14 heteroatoms. The van der Waals surface area contributed by atoms with E-state index in [1.807, 2.05) is 4.90 Å². The van der Waals surface area contributed by atoms with E-state index in [1.54, 1.807) is 13.0 Å². The van der Waals surface area contributed by atoms with Crippen LogP contribution in [0.4, 0.5) is 42.2 Å². The molecule has 3 aromatic rings. The lowest BCUT2D eigenvalue weighted by Gasteiger charge is -2.48. The van der Waals surface area contributed by atoms with E-state index in [-0.39, 0.29) is 30.4 Å². The number of pyridine rings is 1. The van der Waals surface area contributed by atoms with Gasteiger partial charge in [0.2, 0.25) is 5.91 Å². The molecule has 0 unspecified atom stereocenters. The van der Waals surface area contributed by atoms with Crippen molar-refractivity contribution in [2.45, 2.75) is 50.6 Å². The van der Waals surface area contributed by atoms with E-state index in [9.17, 15) is 40.6 Å². The molecule has 2 aliphatic rings. The summed E-state index contributed by atoms with van der Waals surface area (Å²) in [6.07, 6.45) is -8.83. The molecule has 0 bridgehead atoms. The predicted molar refractivity (Wildman–Crippen MR) is 157 cm³/mol. The molecule has 5 rings (SSSR count). The number of nitrogens with one attached hydrogen (secondary N) is 1. The molecule has 2 aromatic carbocycles. The van der Waals surface area contributed by atoms with Crippen LogP contribution in [0, 0.1) is 12.7 Å². The van der Waals surface area contributed by atoms with E-state index in [4.69, 9.17) is 4.74 Å². The van der Waals surface area contributed by atoms with Crippen molar-refractivity contribution in [3.8, 4) is 11.1 Å². The monoisotopic (exact) mass is 654 g/mol. The molecule has 0 aliphatic carbocycles. The minimum atomic E-state index is -5.09. The number of fused-ring (bicyclic) bond motifs is 1. The number of piperazine rings is 1. The molecule has 2 aliphatic heterocycles. The second-order valence-corrected chi connectivity index (χ2v) is 12.1. The Balaban J connectivity index is 1.55. The van der Waals surface area contributed by atoms with Gasteiger partial charge in [-0.1, -0.05) is 6.07 Å². The summed E-state index contributed by atoms with van der Waals surface area (Å²) in [5.41, 5.74) is -3.91. The molecule has 1 aromatic heterocycles. The molecule has 2 N–H and O–H groups in total. The van der Waals surface area contributed by atoms with Crippen LogP contribution in [-0.2, 0) is 27.3 Å². The molecule has 0 saturated carbocycles. The molecule has 3 heterocycles. The van der Waals surface area contributed by atoms with Crippen molar-refractivity contribution in [3.63, 3.8) is 0 Å². The molecule has 0 radical (unpaired) electrons. The number of benzene rings is 2. The molecule has 2 fully saturated rings. The largest absolute Gasteiger partial charge is 0.416 e. The number of anilines is 2. The Morgan fingerprint density at radius 3 is 2.24 bits per heavy atom. The van der Waals surface area contributed by atoms with Crippen LogP contribution >= 0.6 is 0 Å². The summed E-state index contributed by atoms with van der Waals surface area (Å²) in [4.78, 5) is 22.4. The highest BCUT2D eigenvalue weighted by Crippen LogP contribution is 2.40. The first-order valence-corrected chi connectivity index (χ1v) is 14.6. The van der Waals surface area contributed by atoms with Crippen LogP contribution in [0.25, 0.3) is 11.1 Å². The smallest absolute Gasteiger partial charge is 0.394 e. The van der Waals surface area contributed by atoms with Gasteiger partial charge in [0.1, 0.15) is 11.6 Å². The number of hydrogen-bond donors (Lipinski definition) is 2. The minimum Gasteiger partial charge on any atom is -0.394 e. The number of aromatic nitrogens is 1. The maximum absolute atomic E-state index is 14.1. The predicted octanol–water partition coefficient (Wildman–Crippen LogP) is 6.03. The van der Waals surface area contributed by atoms with Crippen molar-refractivity contribution in [2.24, 2.45) is 0 Å². The van der Waals surface area contributed by atoms with E-state index in [1.165, 1.54) is 38.2 Å². The summed E-state index contributed by atoms with van der Waals surface area (Å²) in [7, 11) is 0. The zero-order chi connectivity index (χ0) is 33.6. The van der Waals surface area contributed by atoms with Gasteiger partial charge in [-0.2, -0.15) is 26.3 Å². The first-order chi connectivity index (χ1) is 21.5. The third kappa shape index (κ3) is 6.83. The molecule has 2 atom stereocenters. The van der Waals surface area contributed by atoms with Crippen LogP contribution in [0.1, 0.15) is 36.1 Å². The second-order valence-electron chi connectivity index (χ2n) is 12.1. The third-order valence-corrected chi connectivity index (χ3v) is 8.64. The molecular formula is C32H33F7N4O3. The lowest BCUT2D eigenvalue weighted by Crippen LogP contribution is -2.63. The van der Waals surface area contributed by atoms with Gasteiger partial charge in [0.15, 0.2) is 0 Å². The number of carbonyl (C=O) groups is 1. The Kier molecular flexibility index (Phi) is 9.10. The first kappa shape index (κ1) is 33.6. The summed E-state index contributed by atoms with van der Waals surface area (Å²) < 4.78 is 101. The van der Waals surface area contributed by atoms with Crippen molar-refractivity contribution in [3.05, 3.63) is 76.7 Å². The van der Waals surface area contributed by atoms with Crippen molar-refractivity contribution >= 4 is 17.4 Å². The van der Waals surface area contributed by atoms with Gasteiger partial charge in [0.05, 0.1) is 60.3 Å². The SMILES string of the molecule is Cc1cc(F)ccc1-c1cc(N2C[C@H]3COCCN3C[C@H]2CO)ncc1NC(=O)C(C)(C)c1cc(C(F)(F)F)cc(C(F)(F)F)c1. The van der Waals surface area contributed by atoms with E-state index < -0.39 is 46.2 Å². The highest BCUT2D eigenvalue weighted by Gasteiger charge is 2.41. The van der Waals surface area contributed by atoms with Crippen LogP contribution < -0.4 is 10.2 Å². The Morgan fingerprint density at radius 1 is 0.978 bits per heavy atom. The Labute approximate surface area is 261 Å². The van der Waals surface area contributed by atoms with Crippen molar-refractivity contribution in [1.82, 2.24) is 9.88 Å².